The van der Waals surface area contributed by atoms with E-state index in [2.05, 4.69) is 20.6 Å². The first-order chi connectivity index (χ1) is 12.5. The lowest BCUT2D eigenvalue weighted by Crippen LogP contribution is -2.33. The molecule has 0 spiro atoms. The fraction of sp³-hybridized carbons (Fsp3) is 0.400. The maximum absolute atomic E-state index is 12.6. The standard InChI is InChI=1S/C20H24N4O2/c1-13-6-8-21-17(10-13)23-19(25)15-4-3-5-16(12-15)20(26)24-18-11-14(2)7-9-22-18/h6-11,15-16H,3-5,12H2,1-2H3,(H,21,23,25)(H,22,24,26). The fourth-order valence-electron chi connectivity index (χ4n) is 3.33. The van der Waals surface area contributed by atoms with Crippen LogP contribution in [0, 0.1) is 25.7 Å². The molecule has 0 saturated heterocycles. The fourth-order valence-corrected chi connectivity index (χ4v) is 3.33. The molecule has 6 nitrogen and oxygen atoms in total. The second-order valence-corrected chi connectivity index (χ2v) is 6.98. The van der Waals surface area contributed by atoms with Crippen molar-refractivity contribution < 1.29 is 9.59 Å². The van der Waals surface area contributed by atoms with E-state index in [9.17, 15) is 9.59 Å². The van der Waals surface area contributed by atoms with Gasteiger partial charge in [0, 0.05) is 24.2 Å². The van der Waals surface area contributed by atoms with Gasteiger partial charge in [0.2, 0.25) is 11.8 Å². The van der Waals surface area contributed by atoms with Gasteiger partial charge in [-0.15, -0.1) is 0 Å². The van der Waals surface area contributed by atoms with Crippen LogP contribution in [0.5, 0.6) is 0 Å². The average Bonchev–Trinajstić information content (AvgIpc) is 2.62. The summed E-state index contributed by atoms with van der Waals surface area (Å²) in [4.78, 5) is 33.5. The zero-order valence-corrected chi connectivity index (χ0v) is 15.2. The minimum absolute atomic E-state index is 0.0609. The second kappa shape index (κ2) is 8.08. The molecule has 1 saturated carbocycles. The molecule has 2 amide bonds. The summed E-state index contributed by atoms with van der Waals surface area (Å²) in [5.41, 5.74) is 2.09. The molecule has 26 heavy (non-hydrogen) atoms. The molecule has 2 unspecified atom stereocenters. The number of hydrogen-bond donors (Lipinski definition) is 2. The first-order valence-electron chi connectivity index (χ1n) is 8.98. The lowest BCUT2D eigenvalue weighted by molar-refractivity contribution is -0.124. The molecular weight excluding hydrogens is 328 g/mol. The predicted molar refractivity (Wildman–Crippen MR) is 101 cm³/mol. The van der Waals surface area contributed by atoms with Gasteiger partial charge < -0.3 is 10.6 Å². The number of anilines is 2. The van der Waals surface area contributed by atoms with Crippen molar-refractivity contribution in [3.8, 4) is 0 Å². The summed E-state index contributed by atoms with van der Waals surface area (Å²) in [7, 11) is 0. The molecule has 136 valence electrons. The largest absolute Gasteiger partial charge is 0.310 e. The van der Waals surface area contributed by atoms with Gasteiger partial charge in [-0.1, -0.05) is 6.42 Å². The minimum atomic E-state index is -0.174. The molecule has 2 aromatic heterocycles. The van der Waals surface area contributed by atoms with Gasteiger partial charge in [0.1, 0.15) is 11.6 Å². The molecule has 2 N–H and O–H groups in total. The second-order valence-electron chi connectivity index (χ2n) is 6.98. The van der Waals surface area contributed by atoms with Crippen molar-refractivity contribution in [3.63, 3.8) is 0 Å². The summed E-state index contributed by atoms with van der Waals surface area (Å²) in [6, 6.07) is 7.45. The van der Waals surface area contributed by atoms with E-state index in [4.69, 9.17) is 0 Å². The summed E-state index contributed by atoms with van der Waals surface area (Å²) in [6.07, 6.45) is 6.36. The maximum atomic E-state index is 12.6. The Kier molecular flexibility index (Phi) is 5.61. The Labute approximate surface area is 153 Å². The third kappa shape index (κ3) is 4.65. The quantitative estimate of drug-likeness (QED) is 0.882. The molecule has 0 aliphatic heterocycles. The van der Waals surface area contributed by atoms with E-state index in [0.29, 0.717) is 18.1 Å². The molecule has 1 aliphatic rings. The summed E-state index contributed by atoms with van der Waals surface area (Å²) >= 11 is 0. The zero-order valence-electron chi connectivity index (χ0n) is 15.2. The molecule has 0 aromatic carbocycles. The van der Waals surface area contributed by atoms with E-state index in [1.54, 1.807) is 12.4 Å². The van der Waals surface area contributed by atoms with Gasteiger partial charge >= 0.3 is 0 Å². The van der Waals surface area contributed by atoms with Crippen LogP contribution in [0.1, 0.15) is 36.8 Å². The number of nitrogens with zero attached hydrogens (tertiary/aromatic N) is 2. The molecule has 2 heterocycles. The van der Waals surface area contributed by atoms with Crippen LogP contribution in [0.3, 0.4) is 0 Å². The Morgan fingerprint density at radius 1 is 0.885 bits per heavy atom. The molecule has 2 atom stereocenters. The Morgan fingerprint density at radius 2 is 1.35 bits per heavy atom. The van der Waals surface area contributed by atoms with Crippen molar-refractivity contribution in [1.29, 1.82) is 0 Å². The van der Waals surface area contributed by atoms with E-state index >= 15 is 0 Å². The zero-order chi connectivity index (χ0) is 18.5. The number of hydrogen-bond acceptors (Lipinski definition) is 4. The van der Waals surface area contributed by atoms with Gasteiger partial charge in [0.15, 0.2) is 0 Å². The highest BCUT2D eigenvalue weighted by Crippen LogP contribution is 2.30. The van der Waals surface area contributed by atoms with Crippen LogP contribution in [0.4, 0.5) is 11.6 Å². The first-order valence-corrected chi connectivity index (χ1v) is 8.98. The van der Waals surface area contributed by atoms with E-state index in [-0.39, 0.29) is 23.7 Å². The van der Waals surface area contributed by atoms with Crippen molar-refractivity contribution in [1.82, 2.24) is 9.97 Å². The van der Waals surface area contributed by atoms with E-state index in [0.717, 1.165) is 30.4 Å². The number of carbonyl (C=O) groups excluding carboxylic acids is 2. The van der Waals surface area contributed by atoms with E-state index < -0.39 is 0 Å². The highest BCUT2D eigenvalue weighted by Gasteiger charge is 2.31. The van der Waals surface area contributed by atoms with Gasteiger partial charge in [-0.25, -0.2) is 9.97 Å². The summed E-state index contributed by atoms with van der Waals surface area (Å²) in [6.45, 7) is 3.91. The lowest BCUT2D eigenvalue weighted by atomic mass is 9.80. The van der Waals surface area contributed by atoms with Gasteiger partial charge in [-0.3, -0.25) is 9.59 Å². The Bertz CT molecular complexity index is 740. The van der Waals surface area contributed by atoms with Crippen LogP contribution >= 0.6 is 0 Å². The van der Waals surface area contributed by atoms with Crippen LogP contribution in [-0.2, 0) is 9.59 Å². The van der Waals surface area contributed by atoms with Crippen molar-refractivity contribution >= 4 is 23.5 Å². The summed E-state index contributed by atoms with van der Waals surface area (Å²) in [5.74, 6) is 0.652. The highest BCUT2D eigenvalue weighted by atomic mass is 16.2. The molecule has 0 radical (unpaired) electrons. The lowest BCUT2D eigenvalue weighted by Gasteiger charge is -2.27. The number of rotatable bonds is 4. The number of nitrogens with one attached hydrogen (secondary N) is 2. The smallest absolute Gasteiger partial charge is 0.228 e. The molecule has 3 rings (SSSR count). The van der Waals surface area contributed by atoms with Crippen LogP contribution in [-0.4, -0.2) is 21.8 Å². The van der Waals surface area contributed by atoms with Gasteiger partial charge in [-0.2, -0.15) is 0 Å². The number of amides is 2. The SMILES string of the molecule is Cc1ccnc(NC(=O)C2CCCC(C(=O)Nc3cc(C)ccn3)C2)c1. The first kappa shape index (κ1) is 18.0. The van der Waals surface area contributed by atoms with Crippen molar-refractivity contribution in [2.24, 2.45) is 11.8 Å². The molecular formula is C20H24N4O2. The summed E-state index contributed by atoms with van der Waals surface area (Å²) in [5, 5.41) is 5.75. The Balaban J connectivity index is 1.59. The number of aromatic nitrogens is 2. The van der Waals surface area contributed by atoms with E-state index in [1.807, 2.05) is 38.1 Å². The number of pyridine rings is 2. The Hall–Kier alpha value is -2.76. The third-order valence-electron chi connectivity index (χ3n) is 4.75. The average molecular weight is 352 g/mol. The van der Waals surface area contributed by atoms with Crippen molar-refractivity contribution in [2.75, 3.05) is 10.6 Å². The monoisotopic (exact) mass is 352 g/mol. The molecule has 0 bridgehead atoms. The summed E-state index contributed by atoms with van der Waals surface area (Å²) < 4.78 is 0. The van der Waals surface area contributed by atoms with Crippen LogP contribution < -0.4 is 10.6 Å². The van der Waals surface area contributed by atoms with Crippen LogP contribution in [0.15, 0.2) is 36.7 Å². The number of carbonyl (C=O) groups is 2. The topological polar surface area (TPSA) is 84.0 Å². The number of aryl methyl sites for hydroxylation is 2. The minimum Gasteiger partial charge on any atom is -0.310 e. The predicted octanol–water partition coefficient (Wildman–Crippen LogP) is 3.48. The van der Waals surface area contributed by atoms with Gasteiger partial charge in [0.25, 0.3) is 0 Å². The van der Waals surface area contributed by atoms with E-state index in [1.165, 1.54) is 0 Å². The van der Waals surface area contributed by atoms with Crippen LogP contribution in [0.2, 0.25) is 0 Å². The normalized spacial score (nSPS) is 19.6. The van der Waals surface area contributed by atoms with Crippen molar-refractivity contribution in [3.05, 3.63) is 47.8 Å². The van der Waals surface area contributed by atoms with Gasteiger partial charge in [-0.05, 0) is 68.5 Å². The molecule has 6 heteroatoms. The highest BCUT2D eigenvalue weighted by molar-refractivity contribution is 5.94. The van der Waals surface area contributed by atoms with Gasteiger partial charge in [0.05, 0.1) is 0 Å². The molecule has 1 aliphatic carbocycles. The maximum Gasteiger partial charge on any atom is 0.228 e. The van der Waals surface area contributed by atoms with Crippen molar-refractivity contribution in [2.45, 2.75) is 39.5 Å². The van der Waals surface area contributed by atoms with Crippen LogP contribution in [0.25, 0.3) is 0 Å². The third-order valence-corrected chi connectivity index (χ3v) is 4.75. The molecule has 1 fully saturated rings. The molecule has 2 aromatic rings. The Morgan fingerprint density at radius 3 is 1.77 bits per heavy atom.